The molecule has 4 N–H and O–H groups in total. The normalized spacial score (nSPS) is 24.1. The number of nitrogens with zero attached hydrogens (tertiary/aromatic N) is 5. The van der Waals surface area contributed by atoms with Gasteiger partial charge >= 0.3 is 0 Å². The molecule has 18 heteroatoms. The number of carbonyl (C=O) groups excluding carboxylic acids is 4. The standard InChI is InChI=1S/C66H85N9O7S2/c1-6-65-43-66(44-65,45-65)55-40-64(4,5)25-23-49(55)41-73-32-34-74(35-33-73)51-18-16-48(17-19-51)60(76)70-84(80,81)53-20-21-56(46(2)39-53)69-50(42-83-52-11-8-7-9-12-52)24-27-71-28-30-72(31-29-71)36-38-82-37-26-67-57-14-10-13-54-59(57)63(79)75(62(54)78)58-22-15-47(3)68-61(58)77/h7-14,16-21,39,50,58,67,69H,3,6,15,22-38,40-45H2,1-2,4-5H3,(H,68,77)(H,70,76)/t50-,58?,65?,66?/m1/s1. The molecule has 16 nitrogen and oxygen atoms in total. The molecular formula is C66H85N9O7S2. The first kappa shape index (κ1) is 59.7. The highest BCUT2D eigenvalue weighted by atomic mass is 32.2. The molecule has 2 bridgehead atoms. The predicted octanol–water partition coefficient (Wildman–Crippen LogP) is 9.42. The highest BCUT2D eigenvalue weighted by molar-refractivity contribution is 7.99. The number of imide groups is 1. The summed E-state index contributed by atoms with van der Waals surface area (Å²) in [5, 5.41) is 9.71. The molecule has 12 rings (SSSR count). The molecule has 4 aliphatic heterocycles. The number of thioether (sulfide) groups is 1. The molecule has 3 saturated heterocycles. The fourth-order valence-corrected chi connectivity index (χ4v) is 16.3. The minimum absolute atomic E-state index is 0.0384. The highest BCUT2D eigenvalue weighted by Crippen LogP contribution is 2.79. The molecule has 6 fully saturated rings. The zero-order chi connectivity index (χ0) is 58.8. The van der Waals surface area contributed by atoms with Gasteiger partial charge in [0.25, 0.3) is 27.7 Å². The molecule has 84 heavy (non-hydrogen) atoms. The lowest BCUT2D eigenvalue weighted by atomic mass is 9.31. The van der Waals surface area contributed by atoms with Crippen LogP contribution in [0, 0.1) is 23.2 Å². The van der Waals surface area contributed by atoms with Gasteiger partial charge < -0.3 is 30.5 Å². The minimum Gasteiger partial charge on any atom is -0.382 e. The van der Waals surface area contributed by atoms with Gasteiger partial charge in [-0.1, -0.05) is 69.2 Å². The van der Waals surface area contributed by atoms with Crippen LogP contribution in [-0.2, 0) is 19.6 Å². The first-order chi connectivity index (χ1) is 40.4. The third-order valence-electron chi connectivity index (χ3n) is 19.2. The number of fused-ring (bicyclic) bond motifs is 1. The molecule has 0 radical (unpaired) electrons. The van der Waals surface area contributed by atoms with Gasteiger partial charge in [-0.05, 0) is 153 Å². The number of sulfonamides is 1. The molecule has 2 atom stereocenters. The molecule has 1 unspecified atom stereocenters. The van der Waals surface area contributed by atoms with E-state index in [0.717, 1.165) is 106 Å². The van der Waals surface area contributed by atoms with Crippen LogP contribution in [0.25, 0.3) is 0 Å². The van der Waals surface area contributed by atoms with Crippen LogP contribution >= 0.6 is 11.8 Å². The van der Waals surface area contributed by atoms with Gasteiger partial charge in [-0.3, -0.25) is 33.9 Å². The van der Waals surface area contributed by atoms with E-state index in [2.05, 4.69) is 79.8 Å². The van der Waals surface area contributed by atoms with Crippen LogP contribution < -0.4 is 25.6 Å². The van der Waals surface area contributed by atoms with Crippen molar-refractivity contribution < 1.29 is 32.3 Å². The molecule has 0 spiro atoms. The highest BCUT2D eigenvalue weighted by Gasteiger charge is 2.68. The number of piperidine rings is 1. The molecule has 4 aromatic carbocycles. The summed E-state index contributed by atoms with van der Waals surface area (Å²) in [4.78, 5) is 65.2. The van der Waals surface area contributed by atoms with Crippen molar-refractivity contribution in [3.05, 3.63) is 137 Å². The van der Waals surface area contributed by atoms with Crippen LogP contribution in [0.1, 0.15) is 122 Å². The number of benzene rings is 4. The lowest BCUT2D eigenvalue weighted by molar-refractivity contribution is -0.182. The summed E-state index contributed by atoms with van der Waals surface area (Å²) in [6.07, 6.45) is 11.1. The Morgan fingerprint density at radius 3 is 2.24 bits per heavy atom. The van der Waals surface area contributed by atoms with E-state index in [-0.39, 0.29) is 22.4 Å². The summed E-state index contributed by atoms with van der Waals surface area (Å²) < 4.78 is 35.8. The van der Waals surface area contributed by atoms with E-state index in [1.54, 1.807) is 59.8 Å². The van der Waals surface area contributed by atoms with E-state index < -0.39 is 33.8 Å². The van der Waals surface area contributed by atoms with Crippen LogP contribution in [0.4, 0.5) is 17.1 Å². The quantitative estimate of drug-likeness (QED) is 0.0226. The van der Waals surface area contributed by atoms with Gasteiger partial charge in [0, 0.05) is 124 Å². The number of amides is 4. The maximum Gasteiger partial charge on any atom is 0.264 e. The summed E-state index contributed by atoms with van der Waals surface area (Å²) in [6.45, 7) is 24.7. The second-order valence-electron chi connectivity index (χ2n) is 25.6. The van der Waals surface area contributed by atoms with Crippen LogP contribution in [-0.4, -0.2) is 161 Å². The number of carbonyl (C=O) groups is 4. The zero-order valence-corrected chi connectivity index (χ0v) is 51.2. The van der Waals surface area contributed by atoms with E-state index in [1.807, 2.05) is 48.9 Å². The van der Waals surface area contributed by atoms with E-state index in [9.17, 15) is 27.6 Å². The molecule has 0 aromatic heterocycles. The monoisotopic (exact) mass is 1180 g/mol. The molecule has 8 aliphatic rings. The third kappa shape index (κ3) is 13.2. The van der Waals surface area contributed by atoms with Gasteiger partial charge in [0.1, 0.15) is 6.04 Å². The number of aryl methyl sites for hydroxylation is 1. The second kappa shape index (κ2) is 25.1. The SMILES string of the molecule is C=C1CCC(N2C(=O)c3cccc(NCCOCCN4CCN(CC[C@H](CSc5ccccc5)Nc5ccc(S(=O)(=O)NC(=O)c6ccc(N7CCN(CC8=C(C9%10CC(CC)(C9)C%10)CC(C)(C)CC8)CC7)cc6)cc5C)CC4)c3C2=O)C(=O)N1. The van der Waals surface area contributed by atoms with E-state index in [1.165, 1.54) is 49.8 Å². The first-order valence-corrected chi connectivity index (χ1v) is 33.0. The largest absolute Gasteiger partial charge is 0.382 e. The molecule has 4 aromatic rings. The van der Waals surface area contributed by atoms with E-state index >= 15 is 0 Å². The minimum atomic E-state index is -4.16. The van der Waals surface area contributed by atoms with Crippen molar-refractivity contribution in [2.45, 2.75) is 114 Å². The predicted molar refractivity (Wildman–Crippen MR) is 333 cm³/mol. The number of nitrogens with one attached hydrogen (secondary N) is 4. The van der Waals surface area contributed by atoms with Crippen molar-refractivity contribution in [2.24, 2.45) is 16.2 Å². The Morgan fingerprint density at radius 2 is 1.54 bits per heavy atom. The molecule has 4 heterocycles. The Morgan fingerprint density at radius 1 is 0.821 bits per heavy atom. The number of anilines is 3. The summed E-state index contributed by atoms with van der Waals surface area (Å²) in [5.41, 5.74) is 9.77. The average Bonchev–Trinajstić information content (AvgIpc) is 0.823. The van der Waals surface area contributed by atoms with Crippen LogP contribution in [0.3, 0.4) is 0 Å². The number of ether oxygens (including phenoxy) is 1. The number of rotatable bonds is 24. The molecule has 4 aliphatic carbocycles. The Labute approximate surface area is 501 Å². The third-order valence-corrected chi connectivity index (χ3v) is 21.7. The van der Waals surface area contributed by atoms with Crippen molar-refractivity contribution in [3.63, 3.8) is 0 Å². The molecule has 3 saturated carbocycles. The van der Waals surface area contributed by atoms with Gasteiger partial charge in [0.05, 0.1) is 29.2 Å². The molecular weight excluding hydrogens is 1090 g/mol. The lowest BCUT2D eigenvalue weighted by Crippen LogP contribution is -2.63. The number of allylic oxidation sites excluding steroid dienone is 2. The van der Waals surface area contributed by atoms with Crippen molar-refractivity contribution in [1.82, 2.24) is 29.6 Å². The van der Waals surface area contributed by atoms with Crippen molar-refractivity contribution in [1.29, 1.82) is 0 Å². The lowest BCUT2D eigenvalue weighted by Gasteiger charge is -2.73. The van der Waals surface area contributed by atoms with Gasteiger partial charge in [-0.15, -0.1) is 11.8 Å². The van der Waals surface area contributed by atoms with Crippen LogP contribution in [0.5, 0.6) is 0 Å². The van der Waals surface area contributed by atoms with Gasteiger partial charge in [0.15, 0.2) is 0 Å². The summed E-state index contributed by atoms with van der Waals surface area (Å²) in [7, 11) is -4.16. The van der Waals surface area contributed by atoms with Gasteiger partial charge in [-0.25, -0.2) is 13.1 Å². The smallest absolute Gasteiger partial charge is 0.264 e. The van der Waals surface area contributed by atoms with Gasteiger partial charge in [-0.2, -0.15) is 0 Å². The number of hydrogen-bond acceptors (Lipinski definition) is 14. The maximum atomic E-state index is 13.7. The first-order valence-electron chi connectivity index (χ1n) is 30.6. The topological polar surface area (TPSA) is 176 Å². The van der Waals surface area contributed by atoms with Crippen LogP contribution in [0.2, 0.25) is 0 Å². The summed E-state index contributed by atoms with van der Waals surface area (Å²) >= 11 is 1.79. The van der Waals surface area contributed by atoms with Crippen LogP contribution in [0.15, 0.2) is 124 Å². The van der Waals surface area contributed by atoms with Crippen molar-refractivity contribution in [3.8, 4) is 0 Å². The summed E-state index contributed by atoms with van der Waals surface area (Å²) in [6, 6.07) is 27.1. The van der Waals surface area contributed by atoms with Crippen molar-refractivity contribution in [2.75, 3.05) is 113 Å². The molecule has 448 valence electrons. The Balaban J connectivity index is 0.616. The Bertz CT molecular complexity index is 3240. The Hall–Kier alpha value is -6.02. The number of piperazine rings is 2. The molecule has 4 amide bonds. The van der Waals surface area contributed by atoms with E-state index in [4.69, 9.17) is 4.74 Å². The Kier molecular flexibility index (Phi) is 17.9. The fourth-order valence-electron chi connectivity index (χ4n) is 14.2. The van der Waals surface area contributed by atoms with Crippen molar-refractivity contribution >= 4 is 62.5 Å². The number of hydrogen-bond donors (Lipinski definition) is 4. The maximum absolute atomic E-state index is 13.7. The second-order valence-corrected chi connectivity index (χ2v) is 28.4. The summed E-state index contributed by atoms with van der Waals surface area (Å²) in [5.74, 6) is -1.16. The zero-order valence-electron chi connectivity index (χ0n) is 49.6. The van der Waals surface area contributed by atoms with Gasteiger partial charge in [0.2, 0.25) is 5.91 Å². The van der Waals surface area contributed by atoms with E-state index in [0.29, 0.717) is 71.4 Å². The fraction of sp³-hybridized carbons (Fsp3) is 0.515. The average molecular weight is 1180 g/mol.